The zero-order chi connectivity index (χ0) is 15.1. The molecule has 118 valence electrons. The van der Waals surface area contributed by atoms with Crippen molar-refractivity contribution in [2.75, 3.05) is 14.2 Å². The van der Waals surface area contributed by atoms with Crippen LogP contribution in [-0.2, 0) is 6.54 Å². The lowest BCUT2D eigenvalue weighted by atomic mass is 9.95. The maximum absolute atomic E-state index is 5.41. The molecule has 2 saturated heterocycles. The highest BCUT2D eigenvalue weighted by Gasteiger charge is 2.39. The van der Waals surface area contributed by atoms with Crippen LogP contribution >= 0.6 is 0 Å². The number of allylic oxidation sites excluding steroid dienone is 1. The average Bonchev–Trinajstić information content (AvgIpc) is 3.35. The molecule has 1 aromatic carbocycles. The Bertz CT molecular complexity index is 563. The standard InChI is InChI=1S/C19H25NO2/c1-21-18-7-13(8-19(11-18)22-2)12-20-16-5-6-17(20)10-15(9-16)14-3-4-14/h7-8,11,16-17H,3-6,9-10,12H2,1-2H3. The molecule has 0 amide bonds. The van der Waals surface area contributed by atoms with Crippen molar-refractivity contribution in [1.82, 2.24) is 4.90 Å². The van der Waals surface area contributed by atoms with Gasteiger partial charge in [-0.2, -0.15) is 0 Å². The van der Waals surface area contributed by atoms with Crippen molar-refractivity contribution in [1.29, 1.82) is 0 Å². The van der Waals surface area contributed by atoms with Crippen molar-refractivity contribution < 1.29 is 9.47 Å². The van der Waals surface area contributed by atoms with Gasteiger partial charge in [0.2, 0.25) is 0 Å². The summed E-state index contributed by atoms with van der Waals surface area (Å²) in [7, 11) is 3.44. The summed E-state index contributed by atoms with van der Waals surface area (Å²) in [6.45, 7) is 1.02. The number of piperidine rings is 1. The summed E-state index contributed by atoms with van der Waals surface area (Å²) >= 11 is 0. The third-order valence-electron chi connectivity index (χ3n) is 5.51. The predicted octanol–water partition coefficient (Wildman–Crippen LogP) is 3.92. The monoisotopic (exact) mass is 299 g/mol. The van der Waals surface area contributed by atoms with E-state index in [1.807, 2.05) is 6.07 Å². The molecule has 3 nitrogen and oxygen atoms in total. The van der Waals surface area contributed by atoms with E-state index >= 15 is 0 Å². The Balaban J connectivity index is 1.53. The molecule has 2 bridgehead atoms. The minimum atomic E-state index is 0.749. The van der Waals surface area contributed by atoms with Crippen LogP contribution in [0.15, 0.2) is 29.3 Å². The van der Waals surface area contributed by atoms with Crippen LogP contribution in [-0.4, -0.2) is 31.2 Å². The minimum Gasteiger partial charge on any atom is -0.497 e. The molecule has 22 heavy (non-hydrogen) atoms. The van der Waals surface area contributed by atoms with E-state index in [1.165, 1.54) is 44.1 Å². The van der Waals surface area contributed by atoms with Crippen LogP contribution in [0, 0.1) is 0 Å². The Morgan fingerprint density at radius 1 is 0.909 bits per heavy atom. The van der Waals surface area contributed by atoms with E-state index in [0.717, 1.165) is 30.1 Å². The number of hydrogen-bond acceptors (Lipinski definition) is 3. The SMILES string of the molecule is COc1cc(CN2C3CCC2CC(=C2CC2)C3)cc(OC)c1. The molecule has 0 N–H and O–H groups in total. The Hall–Kier alpha value is -1.48. The van der Waals surface area contributed by atoms with Gasteiger partial charge in [0.1, 0.15) is 11.5 Å². The predicted molar refractivity (Wildman–Crippen MR) is 87.4 cm³/mol. The second-order valence-corrected chi connectivity index (χ2v) is 6.89. The van der Waals surface area contributed by atoms with Crippen LogP contribution in [0.2, 0.25) is 0 Å². The molecule has 3 fully saturated rings. The molecule has 1 aliphatic carbocycles. The Morgan fingerprint density at radius 2 is 1.50 bits per heavy atom. The summed E-state index contributed by atoms with van der Waals surface area (Å²) in [5.41, 5.74) is 4.88. The van der Waals surface area contributed by atoms with E-state index in [0.29, 0.717) is 0 Å². The molecule has 2 unspecified atom stereocenters. The molecule has 0 spiro atoms. The Labute approximate surface area is 132 Å². The van der Waals surface area contributed by atoms with E-state index in [2.05, 4.69) is 17.0 Å². The molecule has 3 aliphatic rings. The van der Waals surface area contributed by atoms with Gasteiger partial charge in [-0.15, -0.1) is 0 Å². The van der Waals surface area contributed by atoms with E-state index in [9.17, 15) is 0 Å². The van der Waals surface area contributed by atoms with Crippen LogP contribution in [0.5, 0.6) is 11.5 Å². The summed E-state index contributed by atoms with van der Waals surface area (Å²) < 4.78 is 10.8. The van der Waals surface area contributed by atoms with Gasteiger partial charge >= 0.3 is 0 Å². The third kappa shape index (κ3) is 2.63. The molecule has 1 saturated carbocycles. The fraction of sp³-hybridized carbons (Fsp3) is 0.579. The number of methoxy groups -OCH3 is 2. The van der Waals surface area contributed by atoms with Gasteiger partial charge in [0.05, 0.1) is 14.2 Å². The zero-order valence-electron chi connectivity index (χ0n) is 13.6. The van der Waals surface area contributed by atoms with E-state index in [4.69, 9.17) is 9.47 Å². The molecule has 0 radical (unpaired) electrons. The molecule has 2 aliphatic heterocycles. The number of rotatable bonds is 4. The van der Waals surface area contributed by atoms with Crippen molar-refractivity contribution in [3.63, 3.8) is 0 Å². The van der Waals surface area contributed by atoms with Crippen LogP contribution in [0.3, 0.4) is 0 Å². The largest absolute Gasteiger partial charge is 0.497 e. The molecular weight excluding hydrogens is 274 g/mol. The first kappa shape index (κ1) is 14.1. The lowest BCUT2D eigenvalue weighted by molar-refractivity contribution is 0.157. The quantitative estimate of drug-likeness (QED) is 0.787. The summed E-state index contributed by atoms with van der Waals surface area (Å²) in [6, 6.07) is 7.75. The smallest absolute Gasteiger partial charge is 0.122 e. The van der Waals surface area contributed by atoms with Crippen LogP contribution in [0.4, 0.5) is 0 Å². The van der Waals surface area contributed by atoms with Gasteiger partial charge in [-0.25, -0.2) is 0 Å². The normalized spacial score (nSPS) is 27.2. The second kappa shape index (κ2) is 5.62. The molecule has 2 atom stereocenters. The number of nitrogens with zero attached hydrogens (tertiary/aromatic N) is 1. The lowest BCUT2D eigenvalue weighted by Gasteiger charge is -2.36. The summed E-state index contributed by atoms with van der Waals surface area (Å²) in [6.07, 6.45) is 8.11. The molecule has 0 aromatic heterocycles. The fourth-order valence-corrected chi connectivity index (χ4v) is 4.24. The first-order valence-electron chi connectivity index (χ1n) is 8.44. The molecule has 2 heterocycles. The van der Waals surface area contributed by atoms with Gasteiger partial charge in [0, 0.05) is 24.7 Å². The minimum absolute atomic E-state index is 0.749. The maximum Gasteiger partial charge on any atom is 0.122 e. The van der Waals surface area contributed by atoms with Crippen molar-refractivity contribution in [2.24, 2.45) is 0 Å². The number of hydrogen-bond donors (Lipinski definition) is 0. The molecule has 3 heteroatoms. The molecule has 4 rings (SSSR count). The van der Waals surface area contributed by atoms with Crippen LogP contribution < -0.4 is 9.47 Å². The number of ether oxygens (including phenoxy) is 2. The van der Waals surface area contributed by atoms with Gasteiger partial charge in [0.15, 0.2) is 0 Å². The first-order valence-corrected chi connectivity index (χ1v) is 8.44. The van der Waals surface area contributed by atoms with Crippen molar-refractivity contribution in [2.45, 2.75) is 57.2 Å². The number of benzene rings is 1. The van der Waals surface area contributed by atoms with Crippen molar-refractivity contribution in [3.05, 3.63) is 34.9 Å². The maximum atomic E-state index is 5.41. The molecule has 1 aromatic rings. The molecular formula is C19H25NO2. The Morgan fingerprint density at radius 3 is 2.00 bits per heavy atom. The third-order valence-corrected chi connectivity index (χ3v) is 5.51. The highest BCUT2D eigenvalue weighted by Crippen LogP contribution is 2.45. The summed E-state index contributed by atoms with van der Waals surface area (Å²) in [5.74, 6) is 1.78. The van der Waals surface area contributed by atoms with E-state index in [1.54, 1.807) is 25.4 Å². The van der Waals surface area contributed by atoms with E-state index in [-0.39, 0.29) is 0 Å². The highest BCUT2D eigenvalue weighted by molar-refractivity contribution is 5.38. The second-order valence-electron chi connectivity index (χ2n) is 6.89. The van der Waals surface area contributed by atoms with E-state index < -0.39 is 0 Å². The zero-order valence-corrected chi connectivity index (χ0v) is 13.6. The fourth-order valence-electron chi connectivity index (χ4n) is 4.24. The van der Waals surface area contributed by atoms with Crippen LogP contribution in [0.25, 0.3) is 0 Å². The van der Waals surface area contributed by atoms with Crippen LogP contribution in [0.1, 0.15) is 44.1 Å². The van der Waals surface area contributed by atoms with Gasteiger partial charge < -0.3 is 9.47 Å². The summed E-state index contributed by atoms with van der Waals surface area (Å²) in [4.78, 5) is 2.72. The number of fused-ring (bicyclic) bond motifs is 2. The highest BCUT2D eigenvalue weighted by atomic mass is 16.5. The lowest BCUT2D eigenvalue weighted by Crippen LogP contribution is -2.39. The van der Waals surface area contributed by atoms with Crippen molar-refractivity contribution in [3.8, 4) is 11.5 Å². The average molecular weight is 299 g/mol. The van der Waals surface area contributed by atoms with Gasteiger partial charge in [-0.05, 0) is 56.2 Å². The topological polar surface area (TPSA) is 21.7 Å². The van der Waals surface area contributed by atoms with Gasteiger partial charge in [-0.1, -0.05) is 11.1 Å². The first-order chi connectivity index (χ1) is 10.8. The van der Waals surface area contributed by atoms with Gasteiger partial charge in [0.25, 0.3) is 0 Å². The summed E-state index contributed by atoms with van der Waals surface area (Å²) in [5, 5.41) is 0. The Kier molecular flexibility index (Phi) is 3.61. The van der Waals surface area contributed by atoms with Crippen molar-refractivity contribution >= 4 is 0 Å². The van der Waals surface area contributed by atoms with Gasteiger partial charge in [-0.3, -0.25) is 4.90 Å².